The lowest BCUT2D eigenvalue weighted by atomic mass is 10.0. The van der Waals surface area contributed by atoms with Gasteiger partial charge >= 0.3 is 12.0 Å². The fraction of sp³-hybridized carbons (Fsp3) is 0.474. The van der Waals surface area contributed by atoms with Crippen molar-refractivity contribution in [2.24, 2.45) is 0 Å². The molecular weight excluding hydrogens is 350 g/mol. The maximum atomic E-state index is 12.3. The predicted molar refractivity (Wildman–Crippen MR) is 101 cm³/mol. The van der Waals surface area contributed by atoms with E-state index in [2.05, 4.69) is 10.6 Å². The van der Waals surface area contributed by atoms with Gasteiger partial charge in [-0.2, -0.15) is 0 Å². The van der Waals surface area contributed by atoms with Gasteiger partial charge in [-0.25, -0.2) is 9.59 Å². The van der Waals surface area contributed by atoms with E-state index in [1.54, 1.807) is 28.1 Å². The molecule has 0 spiro atoms. The largest absolute Gasteiger partial charge is 0.493 e. The number of carbonyl (C=O) groups is 2. The van der Waals surface area contributed by atoms with Gasteiger partial charge in [0.25, 0.3) is 0 Å². The van der Waals surface area contributed by atoms with Crippen LogP contribution in [0.15, 0.2) is 29.5 Å². The molecule has 1 heterocycles. The van der Waals surface area contributed by atoms with Crippen LogP contribution in [0.2, 0.25) is 0 Å². The summed E-state index contributed by atoms with van der Waals surface area (Å²) in [7, 11) is 5.08. The van der Waals surface area contributed by atoms with Gasteiger partial charge in [-0.15, -0.1) is 0 Å². The van der Waals surface area contributed by atoms with Crippen LogP contribution in [0, 0.1) is 0 Å². The number of likely N-dealkylation sites (N-methyl/N-ethyl adjacent to an activating group) is 1. The Morgan fingerprint density at radius 3 is 2.59 bits per heavy atom. The van der Waals surface area contributed by atoms with Crippen molar-refractivity contribution >= 4 is 12.0 Å². The summed E-state index contributed by atoms with van der Waals surface area (Å²) in [4.78, 5) is 26.2. The molecule has 0 fully saturated rings. The third-order valence-electron chi connectivity index (χ3n) is 4.22. The number of para-hydroxylation sites is 1. The first-order valence-electron chi connectivity index (χ1n) is 8.77. The van der Waals surface area contributed by atoms with Gasteiger partial charge in [-0.05, 0) is 27.0 Å². The Bertz CT molecular complexity index is 732. The smallest absolute Gasteiger partial charge is 0.337 e. The summed E-state index contributed by atoms with van der Waals surface area (Å²) >= 11 is 0. The highest BCUT2D eigenvalue weighted by atomic mass is 16.5. The van der Waals surface area contributed by atoms with Crippen LogP contribution in [-0.4, -0.2) is 57.4 Å². The molecule has 0 unspecified atom stereocenters. The maximum Gasteiger partial charge on any atom is 0.337 e. The highest BCUT2D eigenvalue weighted by molar-refractivity contribution is 5.94. The highest BCUT2D eigenvalue weighted by Gasteiger charge is 2.30. The number of ether oxygens (including phenoxy) is 3. The van der Waals surface area contributed by atoms with Gasteiger partial charge < -0.3 is 24.8 Å². The van der Waals surface area contributed by atoms with E-state index in [9.17, 15) is 9.59 Å². The summed E-state index contributed by atoms with van der Waals surface area (Å²) in [5.74, 6) is 0.882. The number of nitrogens with one attached hydrogen (secondary N) is 2. The lowest BCUT2D eigenvalue weighted by Gasteiger charge is -2.29. The monoisotopic (exact) mass is 377 g/mol. The fourth-order valence-electron chi connectivity index (χ4n) is 3.10. The van der Waals surface area contributed by atoms with Gasteiger partial charge in [0.05, 0.1) is 32.4 Å². The molecule has 0 aliphatic carbocycles. The van der Waals surface area contributed by atoms with Crippen LogP contribution in [-0.2, 0) is 16.1 Å². The Balaban J connectivity index is 2.24. The number of methoxy groups -OCH3 is 2. The third-order valence-corrected chi connectivity index (χ3v) is 4.22. The van der Waals surface area contributed by atoms with Crippen molar-refractivity contribution in [2.75, 3.05) is 34.4 Å². The van der Waals surface area contributed by atoms with Gasteiger partial charge in [-0.1, -0.05) is 12.1 Å². The Morgan fingerprint density at radius 2 is 1.96 bits per heavy atom. The first-order chi connectivity index (χ1) is 12.9. The number of nitrogens with zero attached hydrogens (tertiary/aromatic N) is 1. The van der Waals surface area contributed by atoms with E-state index in [1.807, 2.05) is 30.1 Å². The van der Waals surface area contributed by atoms with Crippen LogP contribution in [0.4, 0.5) is 4.79 Å². The van der Waals surface area contributed by atoms with Crippen LogP contribution in [0.1, 0.15) is 19.4 Å². The standard InChI is InChI=1S/C19H27N3O5/c1-6-27-18(23)16-12(2)20-19(24)21-14(16)11-22(3)10-13-8-7-9-15(25-4)17(13)26-5/h7-9,12H,6,10-11H2,1-5H3,(H2,20,21,24)/t12-/m0/s1. The van der Waals surface area contributed by atoms with Gasteiger partial charge in [-0.3, -0.25) is 4.90 Å². The van der Waals surface area contributed by atoms with Gasteiger partial charge in [0.1, 0.15) is 0 Å². The minimum atomic E-state index is -0.431. The molecule has 2 amide bonds. The minimum absolute atomic E-state index is 0.271. The van der Waals surface area contributed by atoms with Gasteiger partial charge in [0.15, 0.2) is 11.5 Å². The highest BCUT2D eigenvalue weighted by Crippen LogP contribution is 2.31. The Kier molecular flexibility index (Phi) is 7.06. The van der Waals surface area contributed by atoms with E-state index in [4.69, 9.17) is 14.2 Å². The molecule has 2 N–H and O–H groups in total. The number of rotatable bonds is 8. The molecule has 1 aromatic rings. The molecule has 1 aliphatic heterocycles. The molecule has 0 aromatic heterocycles. The molecule has 148 valence electrons. The molecule has 1 aromatic carbocycles. The van der Waals surface area contributed by atoms with Crippen molar-refractivity contribution in [3.05, 3.63) is 35.0 Å². The average molecular weight is 377 g/mol. The summed E-state index contributed by atoms with van der Waals surface area (Å²) in [6.45, 7) is 4.69. The Hall–Kier alpha value is -2.74. The molecule has 1 atom stereocenters. The molecule has 27 heavy (non-hydrogen) atoms. The number of hydrogen-bond donors (Lipinski definition) is 2. The SMILES string of the molecule is CCOC(=O)C1=C(CN(C)Cc2cccc(OC)c2OC)NC(=O)N[C@H]1C. The molecular formula is C19H27N3O5. The second-order valence-corrected chi connectivity index (χ2v) is 6.26. The number of esters is 1. The normalized spacial score (nSPS) is 16.7. The maximum absolute atomic E-state index is 12.3. The van der Waals surface area contributed by atoms with E-state index < -0.39 is 12.0 Å². The van der Waals surface area contributed by atoms with Crippen LogP contribution < -0.4 is 20.1 Å². The second-order valence-electron chi connectivity index (χ2n) is 6.26. The molecule has 0 radical (unpaired) electrons. The topological polar surface area (TPSA) is 89.1 Å². The van der Waals surface area contributed by atoms with Crippen molar-refractivity contribution < 1.29 is 23.8 Å². The number of urea groups is 1. The van der Waals surface area contributed by atoms with E-state index in [0.29, 0.717) is 35.9 Å². The quantitative estimate of drug-likeness (QED) is 0.670. The number of benzene rings is 1. The molecule has 0 saturated carbocycles. The first kappa shape index (κ1) is 20.6. The molecule has 0 bridgehead atoms. The molecule has 1 aliphatic rings. The van der Waals surface area contributed by atoms with Crippen LogP contribution in [0.25, 0.3) is 0 Å². The van der Waals surface area contributed by atoms with E-state index in [-0.39, 0.29) is 12.6 Å². The minimum Gasteiger partial charge on any atom is -0.493 e. The van der Waals surface area contributed by atoms with Crippen molar-refractivity contribution in [3.8, 4) is 11.5 Å². The fourth-order valence-corrected chi connectivity index (χ4v) is 3.10. The summed E-state index contributed by atoms with van der Waals surface area (Å²) in [5, 5.41) is 5.43. The summed E-state index contributed by atoms with van der Waals surface area (Å²) < 4.78 is 15.9. The lowest BCUT2D eigenvalue weighted by molar-refractivity contribution is -0.139. The summed E-state index contributed by atoms with van der Waals surface area (Å²) in [6.07, 6.45) is 0. The predicted octanol–water partition coefficient (Wildman–Crippen LogP) is 1.65. The van der Waals surface area contributed by atoms with Crippen LogP contribution in [0.3, 0.4) is 0 Å². The van der Waals surface area contributed by atoms with Crippen molar-refractivity contribution in [1.29, 1.82) is 0 Å². The van der Waals surface area contributed by atoms with Gasteiger partial charge in [0.2, 0.25) is 0 Å². The Morgan fingerprint density at radius 1 is 1.22 bits per heavy atom. The lowest BCUT2D eigenvalue weighted by Crippen LogP contribution is -2.51. The molecule has 2 rings (SSSR count). The zero-order chi connectivity index (χ0) is 20.0. The molecule has 8 nitrogen and oxygen atoms in total. The molecule has 0 saturated heterocycles. The number of hydrogen-bond acceptors (Lipinski definition) is 6. The summed E-state index contributed by atoms with van der Waals surface area (Å²) in [5.41, 5.74) is 1.90. The van der Waals surface area contributed by atoms with Crippen molar-refractivity contribution in [2.45, 2.75) is 26.4 Å². The van der Waals surface area contributed by atoms with E-state index in [0.717, 1.165) is 5.56 Å². The van der Waals surface area contributed by atoms with Gasteiger partial charge in [0, 0.05) is 24.4 Å². The zero-order valence-corrected chi connectivity index (χ0v) is 16.4. The van der Waals surface area contributed by atoms with Crippen LogP contribution >= 0.6 is 0 Å². The van der Waals surface area contributed by atoms with E-state index >= 15 is 0 Å². The van der Waals surface area contributed by atoms with E-state index in [1.165, 1.54) is 0 Å². The third kappa shape index (κ3) is 4.91. The summed E-state index contributed by atoms with van der Waals surface area (Å²) in [6, 6.07) is 4.91. The number of amides is 2. The Labute approximate surface area is 159 Å². The average Bonchev–Trinajstić information content (AvgIpc) is 2.60. The van der Waals surface area contributed by atoms with Crippen molar-refractivity contribution in [3.63, 3.8) is 0 Å². The molecule has 8 heteroatoms. The first-order valence-corrected chi connectivity index (χ1v) is 8.77. The van der Waals surface area contributed by atoms with Crippen LogP contribution in [0.5, 0.6) is 11.5 Å². The second kappa shape index (κ2) is 9.27. The number of carbonyl (C=O) groups excluding carboxylic acids is 2. The van der Waals surface area contributed by atoms with Crippen molar-refractivity contribution in [1.82, 2.24) is 15.5 Å². The zero-order valence-electron chi connectivity index (χ0n) is 16.4.